The average Bonchev–Trinajstić information content (AvgIpc) is 1.97. The van der Waals surface area contributed by atoms with E-state index in [0.717, 1.165) is 6.04 Å². The predicted octanol–water partition coefficient (Wildman–Crippen LogP) is 2.66. The molecule has 1 aliphatic heterocycles. The summed E-state index contributed by atoms with van der Waals surface area (Å²) in [5.41, 5.74) is 0. The standard InChI is InChI=1S/C10H21N/c1-3-5-6-8-11-9-7-10(11)4-2/h10H,3-9H2,1-2H3/t10-/m0/s1. The Kier molecular flexibility index (Phi) is 3.92. The van der Waals surface area contributed by atoms with E-state index in [4.69, 9.17) is 0 Å². The van der Waals surface area contributed by atoms with Crippen molar-refractivity contribution >= 4 is 0 Å². The van der Waals surface area contributed by atoms with Crippen LogP contribution >= 0.6 is 0 Å². The van der Waals surface area contributed by atoms with Crippen LogP contribution in [-0.2, 0) is 0 Å². The fraction of sp³-hybridized carbons (Fsp3) is 1.00. The monoisotopic (exact) mass is 155 g/mol. The van der Waals surface area contributed by atoms with Gasteiger partial charge in [0.05, 0.1) is 0 Å². The minimum absolute atomic E-state index is 0.937. The third kappa shape index (κ3) is 2.48. The van der Waals surface area contributed by atoms with Gasteiger partial charge in [0.1, 0.15) is 0 Å². The molecule has 0 aromatic carbocycles. The highest BCUT2D eigenvalue weighted by atomic mass is 15.2. The van der Waals surface area contributed by atoms with E-state index < -0.39 is 0 Å². The summed E-state index contributed by atoms with van der Waals surface area (Å²) in [5, 5.41) is 0. The second kappa shape index (κ2) is 4.76. The largest absolute Gasteiger partial charge is 0.300 e. The molecule has 1 nitrogen and oxygen atoms in total. The van der Waals surface area contributed by atoms with Gasteiger partial charge in [0, 0.05) is 6.04 Å². The highest BCUT2D eigenvalue weighted by Gasteiger charge is 2.24. The van der Waals surface area contributed by atoms with E-state index in [-0.39, 0.29) is 0 Å². The van der Waals surface area contributed by atoms with Crippen LogP contribution in [0.4, 0.5) is 0 Å². The maximum atomic E-state index is 2.63. The third-order valence-corrected chi connectivity index (χ3v) is 2.79. The van der Waals surface area contributed by atoms with E-state index in [9.17, 15) is 0 Å². The molecule has 1 heterocycles. The van der Waals surface area contributed by atoms with Gasteiger partial charge in [-0.05, 0) is 32.4 Å². The van der Waals surface area contributed by atoms with Crippen molar-refractivity contribution in [2.45, 2.75) is 52.0 Å². The molecule has 1 aliphatic rings. The molecule has 0 unspecified atom stereocenters. The molecule has 0 saturated carbocycles. The van der Waals surface area contributed by atoms with Gasteiger partial charge in [-0.2, -0.15) is 0 Å². The van der Waals surface area contributed by atoms with Crippen LogP contribution in [-0.4, -0.2) is 24.0 Å². The molecular formula is C10H21N. The Labute approximate surface area is 70.8 Å². The molecule has 0 aliphatic carbocycles. The fourth-order valence-corrected chi connectivity index (χ4v) is 1.82. The molecule has 1 atom stereocenters. The van der Waals surface area contributed by atoms with Crippen molar-refractivity contribution in [1.82, 2.24) is 4.90 Å². The first-order valence-corrected chi connectivity index (χ1v) is 5.12. The number of hydrogen-bond acceptors (Lipinski definition) is 1. The van der Waals surface area contributed by atoms with Crippen molar-refractivity contribution in [2.75, 3.05) is 13.1 Å². The van der Waals surface area contributed by atoms with Crippen LogP contribution in [0, 0.1) is 0 Å². The van der Waals surface area contributed by atoms with Gasteiger partial charge in [-0.25, -0.2) is 0 Å². The Hall–Kier alpha value is -0.0400. The lowest BCUT2D eigenvalue weighted by molar-refractivity contribution is 0.0857. The summed E-state index contributed by atoms with van der Waals surface area (Å²) in [4.78, 5) is 2.63. The molecule has 0 bridgehead atoms. The molecule has 66 valence electrons. The SMILES string of the molecule is CCCCCN1CC[C@@H]1CC. The molecule has 0 radical (unpaired) electrons. The van der Waals surface area contributed by atoms with Crippen LogP contribution in [0.15, 0.2) is 0 Å². The zero-order chi connectivity index (χ0) is 8.10. The van der Waals surface area contributed by atoms with Crippen LogP contribution in [0.2, 0.25) is 0 Å². The van der Waals surface area contributed by atoms with Gasteiger partial charge < -0.3 is 4.90 Å². The fourth-order valence-electron chi connectivity index (χ4n) is 1.82. The van der Waals surface area contributed by atoms with E-state index in [2.05, 4.69) is 18.7 Å². The quantitative estimate of drug-likeness (QED) is 0.552. The first-order chi connectivity index (χ1) is 5.38. The Morgan fingerprint density at radius 2 is 2.09 bits per heavy atom. The van der Waals surface area contributed by atoms with Gasteiger partial charge in [-0.1, -0.05) is 26.7 Å². The van der Waals surface area contributed by atoms with E-state index in [0.29, 0.717) is 0 Å². The van der Waals surface area contributed by atoms with Crippen LogP contribution in [0.25, 0.3) is 0 Å². The number of likely N-dealkylation sites (tertiary alicyclic amines) is 1. The van der Waals surface area contributed by atoms with Gasteiger partial charge >= 0.3 is 0 Å². The van der Waals surface area contributed by atoms with Crippen LogP contribution < -0.4 is 0 Å². The lowest BCUT2D eigenvalue weighted by atomic mass is 10.00. The maximum absolute atomic E-state index is 2.63. The molecular weight excluding hydrogens is 134 g/mol. The summed E-state index contributed by atoms with van der Waals surface area (Å²) in [7, 11) is 0. The van der Waals surface area contributed by atoms with Crippen molar-refractivity contribution in [3.8, 4) is 0 Å². The highest BCUT2D eigenvalue weighted by Crippen LogP contribution is 2.20. The Morgan fingerprint density at radius 3 is 2.55 bits per heavy atom. The summed E-state index contributed by atoms with van der Waals surface area (Å²) in [6.07, 6.45) is 6.97. The second-order valence-electron chi connectivity index (χ2n) is 3.59. The smallest absolute Gasteiger partial charge is 0.0105 e. The van der Waals surface area contributed by atoms with E-state index in [1.54, 1.807) is 0 Å². The van der Waals surface area contributed by atoms with E-state index in [1.165, 1.54) is 45.2 Å². The van der Waals surface area contributed by atoms with Gasteiger partial charge in [0.2, 0.25) is 0 Å². The minimum atomic E-state index is 0.937. The summed E-state index contributed by atoms with van der Waals surface area (Å²) in [5.74, 6) is 0. The minimum Gasteiger partial charge on any atom is -0.300 e. The molecule has 1 heteroatoms. The Balaban J connectivity index is 1.98. The van der Waals surface area contributed by atoms with E-state index >= 15 is 0 Å². The number of unbranched alkanes of at least 4 members (excludes halogenated alkanes) is 2. The highest BCUT2D eigenvalue weighted by molar-refractivity contribution is 4.80. The molecule has 1 rings (SSSR count). The Bertz CT molecular complexity index is 99.0. The summed E-state index contributed by atoms with van der Waals surface area (Å²) < 4.78 is 0. The van der Waals surface area contributed by atoms with Crippen molar-refractivity contribution in [3.05, 3.63) is 0 Å². The number of nitrogens with zero attached hydrogens (tertiary/aromatic N) is 1. The van der Waals surface area contributed by atoms with Gasteiger partial charge in [0.15, 0.2) is 0 Å². The zero-order valence-corrected chi connectivity index (χ0v) is 7.97. The van der Waals surface area contributed by atoms with Gasteiger partial charge in [-0.15, -0.1) is 0 Å². The van der Waals surface area contributed by atoms with Crippen LogP contribution in [0.1, 0.15) is 46.0 Å². The summed E-state index contributed by atoms with van der Waals surface area (Å²) >= 11 is 0. The topological polar surface area (TPSA) is 3.24 Å². The molecule has 0 aromatic rings. The number of hydrogen-bond donors (Lipinski definition) is 0. The normalized spacial score (nSPS) is 25.1. The second-order valence-corrected chi connectivity index (χ2v) is 3.59. The van der Waals surface area contributed by atoms with Crippen molar-refractivity contribution in [3.63, 3.8) is 0 Å². The molecule has 0 aromatic heterocycles. The molecule has 11 heavy (non-hydrogen) atoms. The van der Waals surface area contributed by atoms with Gasteiger partial charge in [0.25, 0.3) is 0 Å². The zero-order valence-electron chi connectivity index (χ0n) is 7.97. The number of rotatable bonds is 5. The lowest BCUT2D eigenvalue weighted by Crippen LogP contribution is -2.47. The molecule has 1 saturated heterocycles. The van der Waals surface area contributed by atoms with Gasteiger partial charge in [-0.3, -0.25) is 0 Å². The van der Waals surface area contributed by atoms with Crippen molar-refractivity contribution < 1.29 is 0 Å². The maximum Gasteiger partial charge on any atom is 0.0105 e. The van der Waals surface area contributed by atoms with Crippen molar-refractivity contribution in [1.29, 1.82) is 0 Å². The van der Waals surface area contributed by atoms with E-state index in [1.807, 2.05) is 0 Å². The van der Waals surface area contributed by atoms with Crippen LogP contribution in [0.3, 0.4) is 0 Å². The molecule has 0 N–H and O–H groups in total. The third-order valence-electron chi connectivity index (χ3n) is 2.79. The first kappa shape index (κ1) is 9.05. The molecule has 1 fully saturated rings. The molecule has 0 spiro atoms. The summed E-state index contributed by atoms with van der Waals surface area (Å²) in [6.45, 7) is 7.29. The van der Waals surface area contributed by atoms with Crippen molar-refractivity contribution in [2.24, 2.45) is 0 Å². The Morgan fingerprint density at radius 1 is 1.27 bits per heavy atom. The van der Waals surface area contributed by atoms with Crippen LogP contribution in [0.5, 0.6) is 0 Å². The molecule has 0 amide bonds. The average molecular weight is 155 g/mol. The summed E-state index contributed by atoms with van der Waals surface area (Å²) in [6, 6.07) is 0.937. The lowest BCUT2D eigenvalue weighted by Gasteiger charge is -2.40. The predicted molar refractivity (Wildman–Crippen MR) is 49.8 cm³/mol. The first-order valence-electron chi connectivity index (χ1n) is 5.12.